The van der Waals surface area contributed by atoms with Gasteiger partial charge in [-0.2, -0.15) is 0 Å². The van der Waals surface area contributed by atoms with Crippen LogP contribution in [0.3, 0.4) is 0 Å². The predicted octanol–water partition coefficient (Wildman–Crippen LogP) is 2.64. The summed E-state index contributed by atoms with van der Waals surface area (Å²) >= 11 is 0. The molecule has 1 rings (SSSR count). The highest BCUT2D eigenvalue weighted by Crippen LogP contribution is 2.14. The Morgan fingerprint density at radius 2 is 2.06 bits per heavy atom. The molecule has 0 aromatic heterocycles. The average molecular weight is 250 g/mol. The van der Waals surface area contributed by atoms with Crippen LogP contribution in [-0.4, -0.2) is 12.5 Å². The maximum absolute atomic E-state index is 11.3. The first-order chi connectivity index (χ1) is 8.77. The van der Waals surface area contributed by atoms with E-state index < -0.39 is 0 Å². The zero-order chi connectivity index (χ0) is 13.2. The van der Waals surface area contributed by atoms with Crippen molar-refractivity contribution in [1.29, 1.82) is 0 Å². The van der Waals surface area contributed by atoms with Crippen LogP contribution in [0.4, 0.5) is 0 Å². The smallest absolute Gasteiger partial charge is 0.265 e. The highest BCUT2D eigenvalue weighted by Gasteiger charge is 2.04. The van der Waals surface area contributed by atoms with Crippen LogP contribution >= 0.6 is 0 Å². The van der Waals surface area contributed by atoms with E-state index in [0.717, 1.165) is 6.42 Å². The Hall–Kier alpha value is -1.55. The Balaban J connectivity index is 2.32. The molecular formula is C14H22N2O2. The second-order valence-corrected chi connectivity index (χ2v) is 4.26. The summed E-state index contributed by atoms with van der Waals surface area (Å²) in [6, 6.07) is 7.04. The lowest BCUT2D eigenvalue weighted by Gasteiger charge is -2.07. The standard InChI is InChI=1S/C14H22N2O2/c1-2-3-4-5-6-10-18-13-9-7-8-12(11-13)14(17)16-15/h7-9,11H,2-6,10,15H2,1H3,(H,16,17). The van der Waals surface area contributed by atoms with Crippen LogP contribution in [0.2, 0.25) is 0 Å². The molecule has 0 heterocycles. The quantitative estimate of drug-likeness (QED) is 0.322. The number of rotatable bonds is 8. The molecule has 1 aromatic carbocycles. The largest absolute Gasteiger partial charge is 0.494 e. The molecule has 0 saturated heterocycles. The number of nitrogens with two attached hydrogens (primary N) is 1. The molecule has 0 aliphatic carbocycles. The van der Waals surface area contributed by atoms with Crippen molar-refractivity contribution in [3.63, 3.8) is 0 Å². The number of benzene rings is 1. The summed E-state index contributed by atoms with van der Waals surface area (Å²) < 4.78 is 5.60. The number of hydrogen-bond donors (Lipinski definition) is 2. The summed E-state index contributed by atoms with van der Waals surface area (Å²) in [5.74, 6) is 5.49. The number of hydrogen-bond acceptors (Lipinski definition) is 3. The second kappa shape index (κ2) is 8.53. The Morgan fingerprint density at radius 3 is 2.78 bits per heavy atom. The van der Waals surface area contributed by atoms with Gasteiger partial charge in [0, 0.05) is 5.56 Å². The highest BCUT2D eigenvalue weighted by molar-refractivity contribution is 5.94. The lowest BCUT2D eigenvalue weighted by atomic mass is 10.2. The third kappa shape index (κ3) is 5.19. The van der Waals surface area contributed by atoms with E-state index in [1.54, 1.807) is 18.2 Å². The van der Waals surface area contributed by atoms with Crippen molar-refractivity contribution in [2.75, 3.05) is 6.61 Å². The van der Waals surface area contributed by atoms with Crippen LogP contribution in [0.25, 0.3) is 0 Å². The molecule has 0 radical (unpaired) electrons. The van der Waals surface area contributed by atoms with Gasteiger partial charge in [0.15, 0.2) is 0 Å². The first-order valence-corrected chi connectivity index (χ1v) is 6.51. The van der Waals surface area contributed by atoms with Gasteiger partial charge in [-0.05, 0) is 24.6 Å². The first-order valence-electron chi connectivity index (χ1n) is 6.51. The van der Waals surface area contributed by atoms with Gasteiger partial charge in [0.25, 0.3) is 5.91 Å². The lowest BCUT2D eigenvalue weighted by Crippen LogP contribution is -2.29. The molecule has 100 valence electrons. The van der Waals surface area contributed by atoms with E-state index in [9.17, 15) is 4.79 Å². The number of nitrogens with one attached hydrogen (secondary N) is 1. The predicted molar refractivity (Wildman–Crippen MR) is 72.3 cm³/mol. The molecular weight excluding hydrogens is 228 g/mol. The van der Waals surface area contributed by atoms with Crippen molar-refractivity contribution in [2.24, 2.45) is 5.84 Å². The number of unbranched alkanes of at least 4 members (excludes halogenated alkanes) is 4. The molecule has 4 heteroatoms. The van der Waals surface area contributed by atoms with E-state index in [-0.39, 0.29) is 5.91 Å². The molecule has 0 aliphatic heterocycles. The zero-order valence-corrected chi connectivity index (χ0v) is 10.9. The fourth-order valence-electron chi connectivity index (χ4n) is 1.71. The minimum absolute atomic E-state index is 0.302. The van der Waals surface area contributed by atoms with E-state index in [1.165, 1.54) is 25.7 Å². The molecule has 3 N–H and O–H groups in total. The summed E-state index contributed by atoms with van der Waals surface area (Å²) in [5.41, 5.74) is 2.62. The van der Waals surface area contributed by atoms with Gasteiger partial charge >= 0.3 is 0 Å². The summed E-state index contributed by atoms with van der Waals surface area (Å²) in [6.07, 6.45) is 6.03. The molecule has 0 unspecified atom stereocenters. The summed E-state index contributed by atoms with van der Waals surface area (Å²) in [4.78, 5) is 11.3. The van der Waals surface area contributed by atoms with Crippen molar-refractivity contribution < 1.29 is 9.53 Å². The van der Waals surface area contributed by atoms with Gasteiger partial charge in [0.2, 0.25) is 0 Å². The van der Waals surface area contributed by atoms with E-state index in [2.05, 4.69) is 12.3 Å². The molecule has 4 nitrogen and oxygen atoms in total. The highest BCUT2D eigenvalue weighted by atomic mass is 16.5. The molecule has 0 bridgehead atoms. The van der Waals surface area contributed by atoms with Crippen molar-refractivity contribution in [3.8, 4) is 5.75 Å². The topological polar surface area (TPSA) is 64.3 Å². The van der Waals surface area contributed by atoms with Gasteiger partial charge in [0.1, 0.15) is 5.75 Å². The number of carbonyl (C=O) groups is 1. The summed E-state index contributed by atoms with van der Waals surface area (Å²) in [5, 5.41) is 0. The number of amides is 1. The average Bonchev–Trinajstić information content (AvgIpc) is 2.42. The van der Waals surface area contributed by atoms with Crippen molar-refractivity contribution >= 4 is 5.91 Å². The minimum atomic E-state index is -0.302. The van der Waals surface area contributed by atoms with E-state index >= 15 is 0 Å². The zero-order valence-electron chi connectivity index (χ0n) is 10.9. The maximum atomic E-state index is 11.3. The Bertz CT molecular complexity index is 367. The monoisotopic (exact) mass is 250 g/mol. The first kappa shape index (κ1) is 14.5. The third-order valence-corrected chi connectivity index (χ3v) is 2.74. The summed E-state index contributed by atoms with van der Waals surface area (Å²) in [7, 11) is 0. The normalized spacial score (nSPS) is 10.1. The van der Waals surface area contributed by atoms with Crippen molar-refractivity contribution in [1.82, 2.24) is 5.43 Å². The van der Waals surface area contributed by atoms with Gasteiger partial charge in [-0.15, -0.1) is 0 Å². The fourth-order valence-corrected chi connectivity index (χ4v) is 1.71. The number of carbonyl (C=O) groups excluding carboxylic acids is 1. The van der Waals surface area contributed by atoms with E-state index in [0.29, 0.717) is 17.9 Å². The third-order valence-electron chi connectivity index (χ3n) is 2.74. The molecule has 1 aromatic rings. The van der Waals surface area contributed by atoms with Gasteiger partial charge in [0.05, 0.1) is 6.61 Å². The lowest BCUT2D eigenvalue weighted by molar-refractivity contribution is 0.0953. The molecule has 0 saturated carbocycles. The van der Waals surface area contributed by atoms with Crippen LogP contribution in [0.15, 0.2) is 24.3 Å². The van der Waals surface area contributed by atoms with Gasteiger partial charge in [-0.3, -0.25) is 10.2 Å². The van der Waals surface area contributed by atoms with E-state index in [1.807, 2.05) is 6.07 Å². The molecule has 0 fully saturated rings. The Morgan fingerprint density at radius 1 is 1.28 bits per heavy atom. The van der Waals surface area contributed by atoms with Crippen LogP contribution in [-0.2, 0) is 0 Å². The van der Waals surface area contributed by atoms with E-state index in [4.69, 9.17) is 10.6 Å². The minimum Gasteiger partial charge on any atom is -0.494 e. The molecule has 1 amide bonds. The van der Waals surface area contributed by atoms with Gasteiger partial charge in [-0.1, -0.05) is 38.7 Å². The molecule has 18 heavy (non-hydrogen) atoms. The molecule has 0 spiro atoms. The van der Waals surface area contributed by atoms with Crippen LogP contribution in [0.1, 0.15) is 49.4 Å². The molecule has 0 aliphatic rings. The Kier molecular flexibility index (Phi) is 6.87. The summed E-state index contributed by atoms with van der Waals surface area (Å²) in [6.45, 7) is 2.89. The van der Waals surface area contributed by atoms with Gasteiger partial charge in [-0.25, -0.2) is 5.84 Å². The SMILES string of the molecule is CCCCCCCOc1cccc(C(=O)NN)c1. The van der Waals surface area contributed by atoms with Crippen LogP contribution < -0.4 is 16.0 Å². The Labute approximate surface area is 108 Å². The van der Waals surface area contributed by atoms with Crippen molar-refractivity contribution in [2.45, 2.75) is 39.0 Å². The van der Waals surface area contributed by atoms with Crippen LogP contribution in [0, 0.1) is 0 Å². The number of ether oxygens (including phenoxy) is 1. The fraction of sp³-hybridized carbons (Fsp3) is 0.500. The van der Waals surface area contributed by atoms with Crippen LogP contribution in [0.5, 0.6) is 5.75 Å². The number of nitrogen functional groups attached to an aromatic ring is 1. The number of hydrazine groups is 1. The maximum Gasteiger partial charge on any atom is 0.265 e. The molecule has 0 atom stereocenters. The van der Waals surface area contributed by atoms with Gasteiger partial charge < -0.3 is 4.74 Å². The second-order valence-electron chi connectivity index (χ2n) is 4.26. The van der Waals surface area contributed by atoms with Crippen molar-refractivity contribution in [3.05, 3.63) is 29.8 Å².